The van der Waals surface area contributed by atoms with E-state index < -0.39 is 6.04 Å². The van der Waals surface area contributed by atoms with Crippen LogP contribution in [-0.2, 0) is 4.79 Å². The second kappa shape index (κ2) is 7.51. The minimum Gasteiger partial charge on any atom is -0.348 e. The predicted molar refractivity (Wildman–Crippen MR) is 77.0 cm³/mol. The van der Waals surface area contributed by atoms with Crippen LogP contribution < -0.4 is 16.8 Å². The number of carbonyl (C=O) groups is 1. The maximum absolute atomic E-state index is 11.8. The highest BCUT2D eigenvalue weighted by Gasteiger charge is 2.15. The van der Waals surface area contributed by atoms with E-state index in [9.17, 15) is 4.79 Å². The summed E-state index contributed by atoms with van der Waals surface area (Å²) in [5.41, 5.74) is 12.2. The Balaban J connectivity index is 2.51. The molecular formula is C13H20BrN3O. The van der Waals surface area contributed by atoms with Gasteiger partial charge in [-0.3, -0.25) is 4.79 Å². The summed E-state index contributed by atoms with van der Waals surface area (Å²) < 4.78 is 1.02. The van der Waals surface area contributed by atoms with Crippen LogP contribution in [-0.4, -0.2) is 18.5 Å². The Morgan fingerprint density at radius 2 is 2.00 bits per heavy atom. The molecule has 0 fully saturated rings. The maximum atomic E-state index is 11.8. The molecule has 1 aromatic carbocycles. The minimum atomic E-state index is -0.480. The molecule has 1 amide bonds. The Bertz CT molecular complexity index is 380. The summed E-state index contributed by atoms with van der Waals surface area (Å²) in [6, 6.07) is 7.32. The summed E-state index contributed by atoms with van der Waals surface area (Å²) in [6.45, 7) is 2.50. The first-order valence-electron chi connectivity index (χ1n) is 6.06. The second-order valence-electron chi connectivity index (χ2n) is 4.32. The van der Waals surface area contributed by atoms with Gasteiger partial charge in [0.1, 0.15) is 0 Å². The monoisotopic (exact) mass is 313 g/mol. The van der Waals surface area contributed by atoms with Gasteiger partial charge in [0.05, 0.1) is 12.1 Å². The Kier molecular flexibility index (Phi) is 6.32. The van der Waals surface area contributed by atoms with E-state index in [1.165, 1.54) is 0 Å². The van der Waals surface area contributed by atoms with Crippen LogP contribution in [0.15, 0.2) is 28.7 Å². The molecule has 1 unspecified atom stereocenters. The van der Waals surface area contributed by atoms with Crippen LogP contribution in [0.4, 0.5) is 0 Å². The van der Waals surface area contributed by atoms with Gasteiger partial charge in [-0.1, -0.05) is 28.1 Å². The molecule has 1 rings (SSSR count). The predicted octanol–water partition coefficient (Wildman–Crippen LogP) is 1.69. The molecule has 0 aliphatic heterocycles. The van der Waals surface area contributed by atoms with Gasteiger partial charge in [0.2, 0.25) is 5.91 Å². The van der Waals surface area contributed by atoms with Gasteiger partial charge >= 0.3 is 0 Å². The van der Waals surface area contributed by atoms with Gasteiger partial charge in [0.25, 0.3) is 0 Å². The summed E-state index contributed by atoms with van der Waals surface area (Å²) >= 11 is 3.38. The largest absolute Gasteiger partial charge is 0.348 e. The van der Waals surface area contributed by atoms with Crippen molar-refractivity contribution < 1.29 is 4.79 Å². The molecular weight excluding hydrogens is 294 g/mol. The van der Waals surface area contributed by atoms with Gasteiger partial charge in [-0.15, -0.1) is 0 Å². The number of amides is 1. The highest BCUT2D eigenvalue weighted by atomic mass is 79.9. The van der Waals surface area contributed by atoms with Crippen molar-refractivity contribution in [1.82, 2.24) is 5.32 Å². The Hall–Kier alpha value is -0.910. The third-order valence-corrected chi connectivity index (χ3v) is 3.31. The number of rotatable bonds is 6. The Labute approximate surface area is 116 Å². The van der Waals surface area contributed by atoms with Gasteiger partial charge in [-0.2, -0.15) is 0 Å². The molecule has 18 heavy (non-hydrogen) atoms. The second-order valence-corrected chi connectivity index (χ2v) is 5.23. The van der Waals surface area contributed by atoms with Crippen LogP contribution >= 0.6 is 15.9 Å². The van der Waals surface area contributed by atoms with Gasteiger partial charge in [0.15, 0.2) is 0 Å². The number of benzene rings is 1. The fraction of sp³-hybridized carbons (Fsp3) is 0.462. The van der Waals surface area contributed by atoms with E-state index in [4.69, 9.17) is 11.5 Å². The Morgan fingerprint density at radius 3 is 2.56 bits per heavy atom. The molecule has 0 radical (unpaired) electrons. The summed E-state index contributed by atoms with van der Waals surface area (Å²) in [5.74, 6) is -0.126. The van der Waals surface area contributed by atoms with Gasteiger partial charge < -0.3 is 16.8 Å². The van der Waals surface area contributed by atoms with Crippen molar-refractivity contribution in [3.63, 3.8) is 0 Å². The lowest BCUT2D eigenvalue weighted by atomic mass is 10.1. The first kappa shape index (κ1) is 15.1. The quantitative estimate of drug-likeness (QED) is 0.747. The van der Waals surface area contributed by atoms with Gasteiger partial charge in [0, 0.05) is 4.47 Å². The van der Waals surface area contributed by atoms with E-state index in [1.54, 1.807) is 0 Å². The molecule has 0 spiro atoms. The van der Waals surface area contributed by atoms with Crippen molar-refractivity contribution in [2.45, 2.75) is 31.8 Å². The van der Waals surface area contributed by atoms with Crippen molar-refractivity contribution in [3.8, 4) is 0 Å². The molecule has 5 heteroatoms. The van der Waals surface area contributed by atoms with Crippen LogP contribution in [0.5, 0.6) is 0 Å². The number of nitrogens with two attached hydrogens (primary N) is 2. The highest BCUT2D eigenvalue weighted by Crippen LogP contribution is 2.16. The fourth-order valence-electron chi connectivity index (χ4n) is 1.62. The van der Waals surface area contributed by atoms with E-state index >= 15 is 0 Å². The zero-order chi connectivity index (χ0) is 13.5. The number of nitrogens with one attached hydrogen (secondary N) is 1. The molecule has 100 valence electrons. The average Bonchev–Trinajstić information content (AvgIpc) is 2.36. The molecule has 4 nitrogen and oxygen atoms in total. The molecule has 0 aromatic heterocycles. The van der Waals surface area contributed by atoms with Crippen LogP contribution in [0.3, 0.4) is 0 Å². The minimum absolute atomic E-state index is 0.0467. The zero-order valence-corrected chi connectivity index (χ0v) is 12.1. The summed E-state index contributed by atoms with van der Waals surface area (Å²) in [6.07, 6.45) is 1.39. The molecule has 5 N–H and O–H groups in total. The molecule has 1 aromatic rings. The summed E-state index contributed by atoms with van der Waals surface area (Å²) in [5, 5.41) is 2.90. The molecule has 0 bridgehead atoms. The SMILES string of the molecule is CC(NC(=O)[C@@H](N)CCCN)c1ccc(Br)cc1. The lowest BCUT2D eigenvalue weighted by Gasteiger charge is -2.17. The molecule has 0 aliphatic rings. The highest BCUT2D eigenvalue weighted by molar-refractivity contribution is 9.10. The van der Waals surface area contributed by atoms with Gasteiger partial charge in [-0.05, 0) is 44.0 Å². The van der Waals surface area contributed by atoms with Crippen LogP contribution in [0.1, 0.15) is 31.4 Å². The van der Waals surface area contributed by atoms with Crippen molar-refractivity contribution in [2.24, 2.45) is 11.5 Å². The molecule has 0 saturated heterocycles. The van der Waals surface area contributed by atoms with Crippen molar-refractivity contribution in [2.75, 3.05) is 6.54 Å². The first-order chi connectivity index (χ1) is 8.54. The van der Waals surface area contributed by atoms with Crippen LogP contribution in [0.2, 0.25) is 0 Å². The molecule has 0 aliphatic carbocycles. The lowest BCUT2D eigenvalue weighted by Crippen LogP contribution is -2.41. The Morgan fingerprint density at radius 1 is 1.39 bits per heavy atom. The van der Waals surface area contributed by atoms with E-state index in [0.29, 0.717) is 13.0 Å². The van der Waals surface area contributed by atoms with E-state index in [0.717, 1.165) is 16.5 Å². The van der Waals surface area contributed by atoms with E-state index in [1.807, 2.05) is 31.2 Å². The van der Waals surface area contributed by atoms with Crippen LogP contribution in [0, 0.1) is 0 Å². The molecule has 0 saturated carbocycles. The number of hydrogen-bond acceptors (Lipinski definition) is 3. The summed E-state index contributed by atoms with van der Waals surface area (Å²) in [4.78, 5) is 11.8. The average molecular weight is 314 g/mol. The van der Waals surface area contributed by atoms with Gasteiger partial charge in [-0.25, -0.2) is 0 Å². The van der Waals surface area contributed by atoms with Crippen molar-refractivity contribution in [1.29, 1.82) is 0 Å². The topological polar surface area (TPSA) is 81.1 Å². The zero-order valence-electron chi connectivity index (χ0n) is 10.5. The van der Waals surface area contributed by atoms with Crippen molar-refractivity contribution >= 4 is 21.8 Å². The van der Waals surface area contributed by atoms with Crippen molar-refractivity contribution in [3.05, 3.63) is 34.3 Å². The number of carbonyl (C=O) groups excluding carboxylic acids is 1. The summed E-state index contributed by atoms with van der Waals surface area (Å²) in [7, 11) is 0. The normalized spacial score (nSPS) is 14.0. The fourth-order valence-corrected chi connectivity index (χ4v) is 1.89. The number of hydrogen-bond donors (Lipinski definition) is 3. The number of halogens is 1. The van der Waals surface area contributed by atoms with E-state index in [-0.39, 0.29) is 11.9 Å². The third-order valence-electron chi connectivity index (χ3n) is 2.78. The molecule has 2 atom stereocenters. The smallest absolute Gasteiger partial charge is 0.237 e. The van der Waals surface area contributed by atoms with Crippen LogP contribution in [0.25, 0.3) is 0 Å². The third kappa shape index (κ3) is 4.76. The standard InChI is InChI=1S/C13H20BrN3O/c1-9(10-4-6-11(14)7-5-10)17-13(18)12(16)3-2-8-15/h4-7,9,12H,2-3,8,15-16H2,1H3,(H,17,18)/t9?,12-/m0/s1. The van der Waals surface area contributed by atoms with E-state index in [2.05, 4.69) is 21.2 Å². The first-order valence-corrected chi connectivity index (χ1v) is 6.85. The maximum Gasteiger partial charge on any atom is 0.237 e. The molecule has 0 heterocycles. The lowest BCUT2D eigenvalue weighted by molar-refractivity contribution is -0.123.